The first kappa shape index (κ1) is 30.2. The molecule has 0 saturated heterocycles. The van der Waals surface area contributed by atoms with Crippen LogP contribution >= 0.6 is 11.3 Å². The van der Waals surface area contributed by atoms with Crippen LogP contribution in [0.25, 0.3) is 22.4 Å². The number of likely N-dealkylation sites (N-methyl/N-ethyl adjacent to an activating group) is 1. The number of hydrogen-bond acceptors (Lipinski definition) is 10. The highest BCUT2D eigenvalue weighted by atomic mass is 35.7. The Morgan fingerprint density at radius 3 is 2.21 bits per heavy atom. The van der Waals surface area contributed by atoms with E-state index >= 15 is 0 Å². The number of halogens is 1. The summed E-state index contributed by atoms with van der Waals surface area (Å²) >= 11 is 1.81. The van der Waals surface area contributed by atoms with E-state index in [9.17, 15) is 0 Å². The van der Waals surface area contributed by atoms with E-state index in [0.29, 0.717) is 46.2 Å². The molecule has 0 radical (unpaired) electrons. The van der Waals surface area contributed by atoms with Gasteiger partial charge in [-0.05, 0) is 36.8 Å². The number of anilines is 1. The number of para-hydroxylation sites is 1. The number of hydrogen-bond donors (Lipinski definition) is 0. The van der Waals surface area contributed by atoms with Crippen molar-refractivity contribution in [1.82, 2.24) is 0 Å². The fraction of sp³-hybridized carbons (Fsp3) is 0.423. The second-order valence-corrected chi connectivity index (χ2v) is 10.0. The van der Waals surface area contributed by atoms with E-state index in [-0.39, 0.29) is 0 Å². The van der Waals surface area contributed by atoms with Gasteiger partial charge < -0.3 is 23.8 Å². The highest BCUT2D eigenvalue weighted by Crippen LogP contribution is 2.30. The Morgan fingerprint density at radius 1 is 0.895 bits per heavy atom. The lowest BCUT2D eigenvalue weighted by molar-refractivity contribution is -2.00. The Hall–Kier alpha value is -2.32. The van der Waals surface area contributed by atoms with Crippen molar-refractivity contribution in [3.63, 3.8) is 0 Å². The number of benzene rings is 2. The molecular formula is C26H33ClN2O8S. The Morgan fingerprint density at radius 2 is 1.53 bits per heavy atom. The first-order valence-electron chi connectivity index (χ1n) is 12.2. The second-order valence-electron chi connectivity index (χ2n) is 8.20. The third-order valence-electron chi connectivity index (χ3n) is 5.57. The first-order chi connectivity index (χ1) is 18.3. The molecule has 1 aromatic heterocycles. The molecule has 208 valence electrons. The van der Waals surface area contributed by atoms with Gasteiger partial charge in [0.05, 0.1) is 45.3 Å². The molecule has 0 amide bonds. The molecular weight excluding hydrogens is 536 g/mol. The van der Waals surface area contributed by atoms with E-state index in [1.807, 2.05) is 11.3 Å². The van der Waals surface area contributed by atoms with Gasteiger partial charge in [-0.15, -0.1) is 10.2 Å². The van der Waals surface area contributed by atoms with E-state index in [4.69, 9.17) is 37.6 Å². The lowest BCUT2D eigenvalue weighted by atomic mass is 10.1. The van der Waals surface area contributed by atoms with Gasteiger partial charge in [0.2, 0.25) is 5.52 Å². The zero-order chi connectivity index (χ0) is 27.4. The summed E-state index contributed by atoms with van der Waals surface area (Å²) in [5.41, 5.74) is 3.43. The van der Waals surface area contributed by atoms with Gasteiger partial charge in [0.25, 0.3) is 5.01 Å². The molecule has 0 fully saturated rings. The summed E-state index contributed by atoms with van der Waals surface area (Å²) < 4.78 is 60.6. The molecule has 2 aromatic carbocycles. The number of aryl methyl sites for hydroxylation is 1. The molecule has 2 heterocycles. The van der Waals surface area contributed by atoms with Crippen LogP contribution in [-0.2, 0) is 20.8 Å². The van der Waals surface area contributed by atoms with Crippen LogP contribution in [0, 0.1) is 10.2 Å². The van der Waals surface area contributed by atoms with E-state index in [2.05, 4.69) is 78.1 Å². The van der Waals surface area contributed by atoms with E-state index < -0.39 is 10.2 Å². The average molecular weight is 569 g/mol. The summed E-state index contributed by atoms with van der Waals surface area (Å²) in [6, 6.07) is 14.9. The minimum absolute atomic E-state index is 0.497. The zero-order valence-corrected chi connectivity index (χ0v) is 23.1. The summed E-state index contributed by atoms with van der Waals surface area (Å²) in [5, 5.41) is 1.24. The Bertz CT molecular complexity index is 1160. The van der Waals surface area contributed by atoms with Crippen LogP contribution in [0.1, 0.15) is 17.5 Å². The third-order valence-corrected chi connectivity index (χ3v) is 6.70. The molecule has 1 aliphatic heterocycles. The van der Waals surface area contributed by atoms with Gasteiger partial charge in [0.1, 0.15) is 23.6 Å². The van der Waals surface area contributed by atoms with Crippen molar-refractivity contribution in [2.45, 2.75) is 13.5 Å². The van der Waals surface area contributed by atoms with Gasteiger partial charge in [-0.2, -0.15) is 4.57 Å². The largest absolute Gasteiger partial charge is 0.489 e. The predicted octanol–water partition coefficient (Wildman–Crippen LogP) is -0.498. The van der Waals surface area contributed by atoms with Gasteiger partial charge in [-0.25, -0.2) is 18.6 Å². The molecule has 0 unspecified atom stereocenters. The normalized spacial score (nSPS) is 16.2. The van der Waals surface area contributed by atoms with Crippen LogP contribution in [0.5, 0.6) is 5.75 Å². The first-order valence-corrected chi connectivity index (χ1v) is 14.2. The number of thiazole rings is 1. The summed E-state index contributed by atoms with van der Waals surface area (Å²) in [4.78, 5) is 2.17. The summed E-state index contributed by atoms with van der Waals surface area (Å²) in [6.45, 7) is 7.89. The lowest BCUT2D eigenvalue weighted by Gasteiger charge is -2.22. The quantitative estimate of drug-likeness (QED) is 0.383. The molecule has 10 nitrogen and oxygen atoms in total. The summed E-state index contributed by atoms with van der Waals surface area (Å²) in [7, 11) is -2.88. The zero-order valence-electron chi connectivity index (χ0n) is 21.5. The lowest BCUT2D eigenvalue weighted by Crippen LogP contribution is -2.68. The minimum atomic E-state index is -4.94. The van der Waals surface area contributed by atoms with Crippen LogP contribution in [0.2, 0.25) is 0 Å². The van der Waals surface area contributed by atoms with Crippen molar-refractivity contribution in [1.29, 1.82) is 0 Å². The second kappa shape index (κ2) is 15.3. The van der Waals surface area contributed by atoms with Crippen molar-refractivity contribution in [2.24, 2.45) is 0 Å². The number of rotatable bonds is 3. The van der Waals surface area contributed by atoms with Crippen LogP contribution in [0.4, 0.5) is 5.69 Å². The smallest absolute Gasteiger partial charge is 0.262 e. The van der Waals surface area contributed by atoms with Gasteiger partial charge in [-0.3, -0.25) is 0 Å². The van der Waals surface area contributed by atoms with Gasteiger partial charge in [0.15, 0.2) is 0 Å². The molecule has 0 N–H and O–H groups in total. The molecule has 3 aromatic rings. The van der Waals surface area contributed by atoms with Crippen LogP contribution in [-0.4, -0.2) is 59.8 Å². The van der Waals surface area contributed by atoms with Crippen molar-refractivity contribution in [2.75, 3.05) is 64.7 Å². The number of aromatic nitrogens is 1. The number of nitrogens with zero attached hydrogens (tertiary/aromatic N) is 2. The monoisotopic (exact) mass is 568 g/mol. The Balaban J connectivity index is 0.000000732. The van der Waals surface area contributed by atoms with Gasteiger partial charge in [-0.1, -0.05) is 29.5 Å². The van der Waals surface area contributed by atoms with Crippen molar-refractivity contribution >= 4 is 39.4 Å². The molecule has 0 atom stereocenters. The topological polar surface area (TPSA) is 136 Å². The standard InChI is InChI=1S/C26H33N2O4S.ClHO4/c1-3-28-23-6-4-5-7-25(23)33-26(28)11-9-21-8-10-22-24(20-21)32-19-18-31-17-16-30-15-14-29-13-12-27(22)2;2-1(3,4)5/h4-11,20H,3,12-19H2,1-2H3;(H,2,3,4,5)/q+1;/p-1. The molecule has 0 spiro atoms. The fourth-order valence-corrected chi connectivity index (χ4v) is 4.94. The maximum atomic E-state index is 8.49. The molecule has 0 saturated carbocycles. The SMILES string of the molecule is CC[n+]1c(/C=C/c2ccc3c(c2)OCCOCCOCCOCCN3C)sc2ccccc21.[O-][Cl+3]([O-])([O-])[O-]. The fourth-order valence-electron chi connectivity index (χ4n) is 3.81. The highest BCUT2D eigenvalue weighted by Gasteiger charge is 2.16. The van der Waals surface area contributed by atoms with Gasteiger partial charge in [0, 0.05) is 25.7 Å². The maximum Gasteiger partial charge on any atom is 0.262 e. The van der Waals surface area contributed by atoms with Crippen molar-refractivity contribution < 1.29 is 52.4 Å². The van der Waals surface area contributed by atoms with E-state index in [0.717, 1.165) is 30.1 Å². The Kier molecular flexibility index (Phi) is 12.2. The van der Waals surface area contributed by atoms with Crippen molar-refractivity contribution in [3.8, 4) is 5.75 Å². The number of ether oxygens (including phenoxy) is 4. The average Bonchev–Trinajstić information content (AvgIpc) is 3.23. The molecule has 0 aliphatic carbocycles. The summed E-state index contributed by atoms with van der Waals surface area (Å²) in [6.07, 6.45) is 4.36. The summed E-state index contributed by atoms with van der Waals surface area (Å²) in [5.74, 6) is 0.856. The van der Waals surface area contributed by atoms with Gasteiger partial charge >= 0.3 is 0 Å². The third kappa shape index (κ3) is 10.1. The predicted molar refractivity (Wildman–Crippen MR) is 134 cm³/mol. The van der Waals surface area contributed by atoms with E-state index in [1.165, 1.54) is 15.2 Å². The molecule has 0 bridgehead atoms. The Labute approximate surface area is 228 Å². The molecule has 4 rings (SSSR count). The van der Waals surface area contributed by atoms with E-state index in [1.54, 1.807) is 0 Å². The molecule has 1 aliphatic rings. The molecule has 38 heavy (non-hydrogen) atoms. The maximum absolute atomic E-state index is 8.49. The minimum Gasteiger partial charge on any atom is -0.489 e. The highest BCUT2D eigenvalue weighted by molar-refractivity contribution is 7.18. The molecule has 12 heteroatoms. The van der Waals surface area contributed by atoms with Crippen LogP contribution in [0.15, 0.2) is 42.5 Å². The number of fused-ring (bicyclic) bond motifs is 2. The van der Waals surface area contributed by atoms with Crippen LogP contribution < -0.4 is 32.8 Å². The van der Waals surface area contributed by atoms with Crippen molar-refractivity contribution in [3.05, 3.63) is 53.0 Å². The van der Waals surface area contributed by atoms with Crippen LogP contribution in [0.3, 0.4) is 0 Å².